The molecule has 1 aliphatic rings. The molecule has 0 unspecified atom stereocenters. The zero-order chi connectivity index (χ0) is 21.8. The normalized spacial score (nSPS) is 15.8. The molecule has 0 fully saturated rings. The zero-order valence-corrected chi connectivity index (χ0v) is 20.6. The molecule has 1 aliphatic heterocycles. The van der Waals surface area contributed by atoms with Gasteiger partial charge in [0.05, 0.1) is 14.4 Å². The number of pyridine rings is 1. The maximum Gasteiger partial charge on any atom is 0.148 e. The Morgan fingerprint density at radius 2 is 1.77 bits per heavy atom. The van der Waals surface area contributed by atoms with Crippen LogP contribution in [0.4, 0.5) is 4.39 Å². The third-order valence-corrected chi connectivity index (χ3v) is 7.86. The number of benzene rings is 1. The van der Waals surface area contributed by atoms with Crippen molar-refractivity contribution < 1.29 is 4.39 Å². The average molecular weight is 443 g/mol. The van der Waals surface area contributed by atoms with Crippen LogP contribution in [0.5, 0.6) is 0 Å². The topological polar surface area (TPSA) is 8.17 Å². The largest absolute Gasteiger partial charge is 0.358 e. The van der Waals surface area contributed by atoms with Gasteiger partial charge < -0.3 is 9.47 Å². The average Bonchev–Trinajstić information content (AvgIpc) is 3.12. The van der Waals surface area contributed by atoms with E-state index in [2.05, 4.69) is 82.2 Å². The molecular formula is C25H31FN2S2. The molecule has 160 valence electrons. The van der Waals surface area contributed by atoms with E-state index in [1.165, 1.54) is 21.7 Å². The van der Waals surface area contributed by atoms with Crippen molar-refractivity contribution in [2.75, 3.05) is 0 Å². The van der Waals surface area contributed by atoms with Crippen molar-refractivity contribution in [1.29, 1.82) is 0 Å². The van der Waals surface area contributed by atoms with Crippen molar-refractivity contribution in [1.82, 2.24) is 9.47 Å². The van der Waals surface area contributed by atoms with Gasteiger partial charge in [-0.15, -0.1) is 22.7 Å². The summed E-state index contributed by atoms with van der Waals surface area (Å²) in [5.41, 5.74) is 3.71. The van der Waals surface area contributed by atoms with Crippen molar-refractivity contribution in [2.45, 2.75) is 66.1 Å². The minimum Gasteiger partial charge on any atom is -0.358 e. The number of thiophene rings is 1. The Hall–Kier alpha value is -1.85. The second kappa shape index (κ2) is 7.38. The van der Waals surface area contributed by atoms with E-state index in [1.54, 1.807) is 17.5 Å². The molecule has 0 aliphatic carbocycles. The van der Waals surface area contributed by atoms with E-state index >= 15 is 0 Å². The van der Waals surface area contributed by atoms with Gasteiger partial charge in [-0.25, -0.2) is 4.39 Å². The first-order valence-electron chi connectivity index (χ1n) is 10.4. The van der Waals surface area contributed by atoms with Crippen molar-refractivity contribution in [3.8, 4) is 0 Å². The Labute approximate surface area is 186 Å². The summed E-state index contributed by atoms with van der Waals surface area (Å²) in [6, 6.07) is 8.61. The third kappa shape index (κ3) is 3.90. The standard InChI is InChI=1S/C25H31FN2S2/c1-16-8-9-17-14-27(24(2,3)4)21(13-18(17)12-16)30-23-22-19(10-11-29-22)20(26)15-28(23)25(5,6)7/h8-13,15,30H,14H2,1-7H3. The number of hydrogen-bond donors (Lipinski definition) is 1. The van der Waals surface area contributed by atoms with E-state index in [4.69, 9.17) is 0 Å². The third-order valence-electron chi connectivity index (χ3n) is 5.54. The quantitative estimate of drug-likeness (QED) is 0.303. The van der Waals surface area contributed by atoms with Gasteiger partial charge in [0, 0.05) is 29.2 Å². The first-order valence-corrected chi connectivity index (χ1v) is 12.1. The van der Waals surface area contributed by atoms with Gasteiger partial charge >= 0.3 is 0 Å². The summed E-state index contributed by atoms with van der Waals surface area (Å²) in [6.45, 7) is 16.2. The summed E-state index contributed by atoms with van der Waals surface area (Å²) in [5.74, 6) is -0.147. The molecule has 0 atom stereocenters. The van der Waals surface area contributed by atoms with E-state index in [1.807, 2.05) is 11.4 Å². The van der Waals surface area contributed by atoms with Crippen LogP contribution in [0.2, 0.25) is 0 Å². The maximum atomic E-state index is 14.8. The van der Waals surface area contributed by atoms with Crippen molar-refractivity contribution >= 4 is 38.8 Å². The lowest BCUT2D eigenvalue weighted by Gasteiger charge is -2.41. The molecular weight excluding hydrogens is 411 g/mol. The van der Waals surface area contributed by atoms with E-state index in [-0.39, 0.29) is 16.9 Å². The van der Waals surface area contributed by atoms with Crippen LogP contribution in [-0.4, -0.2) is 15.0 Å². The molecule has 0 spiro atoms. The monoisotopic (exact) mass is 442 g/mol. The molecule has 1 aromatic carbocycles. The smallest absolute Gasteiger partial charge is 0.148 e. The van der Waals surface area contributed by atoms with Gasteiger partial charge in [-0.05, 0) is 77.1 Å². The van der Waals surface area contributed by atoms with Gasteiger partial charge in [0.2, 0.25) is 0 Å². The number of aromatic nitrogens is 1. The van der Waals surface area contributed by atoms with Gasteiger partial charge in [-0.1, -0.05) is 23.8 Å². The van der Waals surface area contributed by atoms with Crippen molar-refractivity contribution in [2.24, 2.45) is 0 Å². The molecule has 5 heteroatoms. The summed E-state index contributed by atoms with van der Waals surface area (Å²) in [4.78, 5) is 2.49. The molecule has 2 nitrogen and oxygen atoms in total. The summed E-state index contributed by atoms with van der Waals surface area (Å²) in [6.07, 6.45) is 4.01. The lowest BCUT2D eigenvalue weighted by molar-refractivity contribution is 0.191. The molecule has 0 amide bonds. The van der Waals surface area contributed by atoms with E-state index in [9.17, 15) is 4.39 Å². The van der Waals surface area contributed by atoms with Crippen LogP contribution in [0.3, 0.4) is 0 Å². The summed E-state index contributed by atoms with van der Waals surface area (Å²) in [5, 5.41) is 3.98. The summed E-state index contributed by atoms with van der Waals surface area (Å²) < 4.78 is 19.2. The van der Waals surface area contributed by atoms with E-state index in [0.29, 0.717) is 0 Å². The number of rotatable bonds is 1. The Morgan fingerprint density at radius 1 is 1.03 bits per heavy atom. The number of halogens is 1. The Balaban J connectivity index is 2.04. The Morgan fingerprint density at radius 3 is 2.43 bits per heavy atom. The highest BCUT2D eigenvalue weighted by atomic mass is 32.1. The molecule has 0 radical (unpaired) electrons. The number of nitrogens with zero attached hydrogens (tertiary/aromatic N) is 2. The first-order chi connectivity index (χ1) is 13.9. The van der Waals surface area contributed by atoms with Gasteiger partial charge in [-0.3, -0.25) is 0 Å². The first kappa shape index (κ1) is 21.4. The lowest BCUT2D eigenvalue weighted by atomic mass is 9.97. The number of thiol groups is 1. The molecule has 3 heterocycles. The Bertz CT molecular complexity index is 1220. The summed E-state index contributed by atoms with van der Waals surface area (Å²) in [7, 11) is 0. The number of hydrogen-bond acceptors (Lipinski definition) is 2. The van der Waals surface area contributed by atoms with Crippen LogP contribution >= 0.6 is 22.7 Å². The van der Waals surface area contributed by atoms with E-state index < -0.39 is 0 Å². The summed E-state index contributed by atoms with van der Waals surface area (Å²) >= 11 is 2.73. The molecule has 3 aromatic rings. The fourth-order valence-electron chi connectivity index (χ4n) is 3.88. The fraction of sp³-hybridized carbons (Fsp3) is 0.400. The second-order valence-electron chi connectivity index (χ2n) is 10.1. The molecule has 2 aromatic heterocycles. The predicted molar refractivity (Wildman–Crippen MR) is 131 cm³/mol. The van der Waals surface area contributed by atoms with Crippen LogP contribution in [0.1, 0.15) is 58.2 Å². The van der Waals surface area contributed by atoms with Crippen LogP contribution < -0.4 is 0 Å². The molecule has 0 saturated heterocycles. The van der Waals surface area contributed by atoms with Crippen molar-refractivity contribution in [3.05, 3.63) is 68.0 Å². The highest BCUT2D eigenvalue weighted by Gasteiger charge is 2.27. The highest BCUT2D eigenvalue weighted by molar-refractivity contribution is 7.95. The Kier molecular flexibility index (Phi) is 5.26. The molecule has 0 saturated carbocycles. The second-order valence-corrected chi connectivity index (χ2v) is 12.1. The SMILES string of the molecule is Cc1ccc2c(c1)C=C(/[SH]=c1\c3sccc3c(F)cn1C(C)(C)C)N(C(C)(C)C)C2. The predicted octanol–water partition coefficient (Wildman–Crippen LogP) is 7.52. The molecule has 4 rings (SSSR count). The molecule has 0 bridgehead atoms. The van der Waals surface area contributed by atoms with Crippen molar-refractivity contribution in [3.63, 3.8) is 0 Å². The van der Waals surface area contributed by atoms with Gasteiger partial charge in [0.25, 0.3) is 0 Å². The number of fused-ring (bicyclic) bond motifs is 2. The molecule has 30 heavy (non-hydrogen) atoms. The van der Waals surface area contributed by atoms with Gasteiger partial charge in [0.1, 0.15) is 5.82 Å². The highest BCUT2D eigenvalue weighted by Crippen LogP contribution is 2.37. The van der Waals surface area contributed by atoms with Crippen LogP contribution in [-0.2, 0) is 12.1 Å². The number of aryl methyl sites for hydroxylation is 1. The van der Waals surface area contributed by atoms with Crippen LogP contribution in [0.15, 0.2) is 40.9 Å². The fourth-order valence-corrected chi connectivity index (χ4v) is 6.61. The van der Waals surface area contributed by atoms with Crippen LogP contribution in [0.25, 0.3) is 16.2 Å². The minimum atomic E-state index is -0.211. The van der Waals surface area contributed by atoms with E-state index in [0.717, 1.165) is 32.6 Å². The van der Waals surface area contributed by atoms with Crippen LogP contribution in [0, 0.1) is 17.4 Å². The minimum absolute atomic E-state index is 0.0113. The van der Waals surface area contributed by atoms with Gasteiger partial charge in [-0.2, -0.15) is 0 Å². The molecule has 0 N–H and O–H groups in total. The lowest BCUT2D eigenvalue weighted by Crippen LogP contribution is -2.40. The maximum absolute atomic E-state index is 14.8. The zero-order valence-electron chi connectivity index (χ0n) is 18.9. The van der Waals surface area contributed by atoms with Gasteiger partial charge in [0.15, 0.2) is 0 Å².